The van der Waals surface area contributed by atoms with E-state index in [1.54, 1.807) is 31.2 Å². The van der Waals surface area contributed by atoms with E-state index in [4.69, 9.17) is 0 Å². The van der Waals surface area contributed by atoms with Crippen molar-refractivity contribution >= 4 is 23.4 Å². The second-order valence-electron chi connectivity index (χ2n) is 6.35. The van der Waals surface area contributed by atoms with Gasteiger partial charge in [-0.25, -0.2) is 0 Å². The predicted molar refractivity (Wildman–Crippen MR) is 100 cm³/mol. The van der Waals surface area contributed by atoms with E-state index in [2.05, 4.69) is 5.32 Å². The molecule has 2 aromatic rings. The SMILES string of the molecule is CCc1cccc(CC)c1NC(=O)[C@H](C)N1C(=O)c2ccccc2C1=O. The first-order valence-electron chi connectivity index (χ1n) is 8.88. The number of carbonyl (C=O) groups is 3. The Morgan fingerprint density at radius 2 is 1.42 bits per heavy atom. The molecule has 1 aliphatic heterocycles. The molecule has 0 saturated carbocycles. The maximum absolute atomic E-state index is 12.8. The summed E-state index contributed by atoms with van der Waals surface area (Å²) in [5.41, 5.74) is 3.55. The number of para-hydroxylation sites is 1. The van der Waals surface area contributed by atoms with Gasteiger partial charge in [-0.2, -0.15) is 0 Å². The number of nitrogens with zero attached hydrogens (tertiary/aromatic N) is 1. The van der Waals surface area contributed by atoms with Crippen molar-refractivity contribution in [2.45, 2.75) is 39.7 Å². The summed E-state index contributed by atoms with van der Waals surface area (Å²) in [5, 5.41) is 2.94. The highest BCUT2D eigenvalue weighted by Crippen LogP contribution is 2.26. The largest absolute Gasteiger partial charge is 0.324 e. The second kappa shape index (κ2) is 7.12. The van der Waals surface area contributed by atoms with Crippen molar-refractivity contribution in [3.8, 4) is 0 Å². The molecule has 0 radical (unpaired) electrons. The first-order chi connectivity index (χ1) is 12.5. The number of anilines is 1. The van der Waals surface area contributed by atoms with Gasteiger partial charge in [0.1, 0.15) is 6.04 Å². The van der Waals surface area contributed by atoms with Gasteiger partial charge in [-0.3, -0.25) is 19.3 Å². The average molecular weight is 350 g/mol. The first-order valence-corrected chi connectivity index (χ1v) is 8.88. The van der Waals surface area contributed by atoms with Crippen LogP contribution in [0.3, 0.4) is 0 Å². The minimum absolute atomic E-state index is 0.348. The highest BCUT2D eigenvalue weighted by molar-refractivity contribution is 6.23. The lowest BCUT2D eigenvalue weighted by Crippen LogP contribution is -2.45. The normalized spacial score (nSPS) is 14.3. The lowest BCUT2D eigenvalue weighted by Gasteiger charge is -2.23. The zero-order valence-electron chi connectivity index (χ0n) is 15.2. The number of fused-ring (bicyclic) bond motifs is 1. The molecule has 134 valence electrons. The number of aryl methyl sites for hydroxylation is 2. The third-order valence-corrected chi connectivity index (χ3v) is 4.84. The molecule has 0 spiro atoms. The third kappa shape index (κ3) is 2.90. The Morgan fingerprint density at radius 1 is 0.923 bits per heavy atom. The maximum atomic E-state index is 12.8. The van der Waals surface area contributed by atoms with Crippen molar-refractivity contribution in [3.63, 3.8) is 0 Å². The molecular weight excluding hydrogens is 328 g/mol. The number of amides is 3. The van der Waals surface area contributed by atoms with Crippen LogP contribution in [0.1, 0.15) is 52.6 Å². The van der Waals surface area contributed by atoms with Gasteiger partial charge in [-0.05, 0) is 43.0 Å². The van der Waals surface area contributed by atoms with Gasteiger partial charge in [-0.15, -0.1) is 0 Å². The van der Waals surface area contributed by atoms with Gasteiger partial charge >= 0.3 is 0 Å². The Kier molecular flexibility index (Phi) is 4.89. The molecule has 1 heterocycles. The van der Waals surface area contributed by atoms with Crippen LogP contribution in [-0.2, 0) is 17.6 Å². The van der Waals surface area contributed by atoms with Crippen LogP contribution in [0.15, 0.2) is 42.5 Å². The second-order valence-corrected chi connectivity index (χ2v) is 6.35. The standard InChI is InChI=1S/C21H22N2O3/c1-4-14-9-8-10-15(5-2)18(14)22-19(24)13(3)23-20(25)16-11-6-7-12-17(16)21(23)26/h6-13H,4-5H2,1-3H3,(H,22,24)/t13-/m0/s1. The van der Waals surface area contributed by atoms with Crippen LogP contribution in [0.25, 0.3) is 0 Å². The molecule has 0 aliphatic carbocycles. The smallest absolute Gasteiger partial charge is 0.262 e. The topological polar surface area (TPSA) is 66.5 Å². The lowest BCUT2D eigenvalue weighted by atomic mass is 10.0. The van der Waals surface area contributed by atoms with Crippen molar-refractivity contribution < 1.29 is 14.4 Å². The summed E-state index contributed by atoms with van der Waals surface area (Å²) in [6, 6.07) is 11.7. The summed E-state index contributed by atoms with van der Waals surface area (Å²) < 4.78 is 0. The summed E-state index contributed by atoms with van der Waals surface area (Å²) in [6.07, 6.45) is 1.57. The van der Waals surface area contributed by atoms with E-state index in [0.29, 0.717) is 11.1 Å². The van der Waals surface area contributed by atoms with Crippen molar-refractivity contribution in [1.82, 2.24) is 4.90 Å². The molecule has 0 saturated heterocycles. The van der Waals surface area contributed by atoms with Crippen LogP contribution in [0, 0.1) is 0 Å². The fraction of sp³-hybridized carbons (Fsp3) is 0.286. The Morgan fingerprint density at radius 3 is 1.88 bits per heavy atom. The summed E-state index contributed by atoms with van der Waals surface area (Å²) in [7, 11) is 0. The predicted octanol–water partition coefficient (Wildman–Crippen LogP) is 3.43. The van der Waals surface area contributed by atoms with Gasteiger partial charge in [0.05, 0.1) is 11.1 Å². The van der Waals surface area contributed by atoms with E-state index in [-0.39, 0.29) is 5.91 Å². The Balaban J connectivity index is 1.86. The molecule has 0 aromatic heterocycles. The molecule has 1 atom stereocenters. The fourth-order valence-corrected chi connectivity index (χ4v) is 3.31. The summed E-state index contributed by atoms with van der Waals surface area (Å²) in [6.45, 7) is 5.63. The molecule has 2 aromatic carbocycles. The fourth-order valence-electron chi connectivity index (χ4n) is 3.31. The Hall–Kier alpha value is -2.95. The monoisotopic (exact) mass is 350 g/mol. The van der Waals surface area contributed by atoms with Crippen LogP contribution >= 0.6 is 0 Å². The molecule has 26 heavy (non-hydrogen) atoms. The van der Waals surface area contributed by atoms with Gasteiger partial charge in [0.2, 0.25) is 5.91 Å². The van der Waals surface area contributed by atoms with Gasteiger partial charge in [-0.1, -0.05) is 44.2 Å². The van der Waals surface area contributed by atoms with Gasteiger partial charge in [0, 0.05) is 5.69 Å². The molecule has 1 aliphatic rings. The summed E-state index contributed by atoms with van der Waals surface area (Å²) in [5.74, 6) is -1.21. The average Bonchev–Trinajstić information content (AvgIpc) is 2.92. The number of nitrogens with one attached hydrogen (secondary N) is 1. The van der Waals surface area contributed by atoms with Crippen molar-refractivity contribution in [1.29, 1.82) is 0 Å². The van der Waals surface area contributed by atoms with E-state index >= 15 is 0 Å². The van der Waals surface area contributed by atoms with E-state index in [0.717, 1.165) is 34.6 Å². The number of carbonyl (C=O) groups excluding carboxylic acids is 3. The lowest BCUT2D eigenvalue weighted by molar-refractivity contribution is -0.119. The number of benzene rings is 2. The van der Waals surface area contributed by atoms with E-state index < -0.39 is 17.9 Å². The van der Waals surface area contributed by atoms with Gasteiger partial charge in [0.25, 0.3) is 11.8 Å². The minimum Gasteiger partial charge on any atom is -0.324 e. The Labute approximate surface area is 153 Å². The quantitative estimate of drug-likeness (QED) is 0.840. The highest BCUT2D eigenvalue weighted by Gasteiger charge is 2.40. The van der Waals surface area contributed by atoms with Crippen LogP contribution in [0.2, 0.25) is 0 Å². The molecule has 0 bridgehead atoms. The molecule has 3 rings (SSSR count). The van der Waals surface area contributed by atoms with Crippen LogP contribution in [0.5, 0.6) is 0 Å². The first kappa shape index (κ1) is 17.9. The van der Waals surface area contributed by atoms with Crippen molar-refractivity contribution in [3.05, 3.63) is 64.7 Å². The number of rotatable bonds is 5. The van der Waals surface area contributed by atoms with Gasteiger partial charge < -0.3 is 5.32 Å². The van der Waals surface area contributed by atoms with E-state index in [9.17, 15) is 14.4 Å². The minimum atomic E-state index is -0.892. The number of hydrogen-bond donors (Lipinski definition) is 1. The third-order valence-electron chi connectivity index (χ3n) is 4.84. The summed E-state index contributed by atoms with van der Waals surface area (Å²) >= 11 is 0. The summed E-state index contributed by atoms with van der Waals surface area (Å²) in [4.78, 5) is 39.0. The van der Waals surface area contributed by atoms with E-state index in [1.807, 2.05) is 32.0 Å². The number of hydrogen-bond acceptors (Lipinski definition) is 3. The molecule has 0 fully saturated rings. The molecule has 3 amide bonds. The molecule has 0 unspecified atom stereocenters. The molecule has 5 nitrogen and oxygen atoms in total. The van der Waals surface area contributed by atoms with Crippen LogP contribution in [-0.4, -0.2) is 28.7 Å². The van der Waals surface area contributed by atoms with Crippen molar-refractivity contribution in [2.24, 2.45) is 0 Å². The van der Waals surface area contributed by atoms with Crippen LogP contribution < -0.4 is 5.32 Å². The molecule has 1 N–H and O–H groups in total. The van der Waals surface area contributed by atoms with Gasteiger partial charge in [0.15, 0.2) is 0 Å². The Bertz CT molecular complexity index is 831. The zero-order chi connectivity index (χ0) is 18.8. The molecule has 5 heteroatoms. The van der Waals surface area contributed by atoms with Crippen molar-refractivity contribution in [2.75, 3.05) is 5.32 Å². The molecular formula is C21H22N2O3. The van der Waals surface area contributed by atoms with E-state index in [1.165, 1.54) is 0 Å². The zero-order valence-corrected chi connectivity index (χ0v) is 15.2. The number of imide groups is 1. The van der Waals surface area contributed by atoms with Crippen LogP contribution in [0.4, 0.5) is 5.69 Å². The highest BCUT2D eigenvalue weighted by atomic mass is 16.2. The maximum Gasteiger partial charge on any atom is 0.262 e.